The molecule has 2 saturated heterocycles. The maximum absolute atomic E-state index is 13.1. The Morgan fingerprint density at radius 3 is 2.22 bits per heavy atom. The molecule has 4 rings (SSSR count). The molecular formula is C22H22N4O5S. The molecule has 166 valence electrons. The highest BCUT2D eigenvalue weighted by molar-refractivity contribution is 7.08. The van der Waals surface area contributed by atoms with E-state index in [-0.39, 0.29) is 48.9 Å². The number of carbonyl (C=O) groups excluding carboxylic acids is 5. The van der Waals surface area contributed by atoms with E-state index in [1.807, 2.05) is 5.38 Å². The van der Waals surface area contributed by atoms with Crippen LogP contribution in [0.5, 0.6) is 0 Å². The number of benzene rings is 1. The summed E-state index contributed by atoms with van der Waals surface area (Å²) in [5.74, 6) is -1.46. The van der Waals surface area contributed by atoms with E-state index >= 15 is 0 Å². The number of carbonyl (C=O) groups is 5. The highest BCUT2D eigenvalue weighted by Gasteiger charge is 2.33. The summed E-state index contributed by atoms with van der Waals surface area (Å²) in [5, 5.41) is 6.34. The minimum atomic E-state index is -0.321. The predicted octanol–water partition coefficient (Wildman–Crippen LogP) is 1.43. The molecule has 0 spiro atoms. The van der Waals surface area contributed by atoms with Crippen LogP contribution in [0, 0.1) is 0 Å². The van der Waals surface area contributed by atoms with Crippen molar-refractivity contribution in [2.24, 2.45) is 0 Å². The van der Waals surface area contributed by atoms with Gasteiger partial charge in [0.05, 0.1) is 16.8 Å². The highest BCUT2D eigenvalue weighted by atomic mass is 32.1. The second-order valence-electron chi connectivity index (χ2n) is 7.56. The molecule has 2 aliphatic rings. The van der Waals surface area contributed by atoms with Crippen LogP contribution in [-0.4, -0.2) is 77.0 Å². The third-order valence-electron chi connectivity index (χ3n) is 5.56. The topological polar surface area (TPSA) is 107 Å². The quantitative estimate of drug-likeness (QED) is 0.688. The van der Waals surface area contributed by atoms with Crippen molar-refractivity contribution in [2.45, 2.75) is 12.8 Å². The lowest BCUT2D eigenvalue weighted by molar-refractivity contribution is -0.146. The van der Waals surface area contributed by atoms with E-state index in [2.05, 4.69) is 5.32 Å². The summed E-state index contributed by atoms with van der Waals surface area (Å²) in [5.41, 5.74) is 1.33. The number of piperazine rings is 1. The van der Waals surface area contributed by atoms with Crippen LogP contribution in [0.15, 0.2) is 41.1 Å². The molecule has 9 nitrogen and oxygen atoms in total. The van der Waals surface area contributed by atoms with Crippen LogP contribution in [0.4, 0.5) is 5.69 Å². The van der Waals surface area contributed by atoms with Gasteiger partial charge in [-0.05, 0) is 23.6 Å². The first kappa shape index (κ1) is 21.7. The first-order valence-corrected chi connectivity index (χ1v) is 11.2. The predicted molar refractivity (Wildman–Crippen MR) is 117 cm³/mol. The zero-order chi connectivity index (χ0) is 22.7. The monoisotopic (exact) mass is 454 g/mol. The van der Waals surface area contributed by atoms with Crippen LogP contribution in [0.1, 0.15) is 33.6 Å². The molecule has 2 aromatic rings. The third kappa shape index (κ3) is 4.54. The van der Waals surface area contributed by atoms with Gasteiger partial charge in [-0.15, -0.1) is 0 Å². The number of nitrogens with zero attached hydrogens (tertiary/aromatic N) is 3. The molecule has 0 atom stereocenters. The van der Waals surface area contributed by atoms with E-state index in [1.165, 1.54) is 11.3 Å². The highest BCUT2D eigenvalue weighted by Crippen LogP contribution is 2.20. The van der Waals surface area contributed by atoms with Crippen LogP contribution >= 0.6 is 11.3 Å². The average molecular weight is 455 g/mol. The average Bonchev–Trinajstić information content (AvgIpc) is 3.45. The second kappa shape index (κ2) is 9.31. The van der Waals surface area contributed by atoms with Gasteiger partial charge in [-0.1, -0.05) is 12.1 Å². The van der Waals surface area contributed by atoms with Crippen molar-refractivity contribution < 1.29 is 24.0 Å². The Morgan fingerprint density at radius 1 is 0.906 bits per heavy atom. The maximum Gasteiger partial charge on any atom is 0.256 e. The van der Waals surface area contributed by atoms with E-state index in [1.54, 1.807) is 45.5 Å². The smallest absolute Gasteiger partial charge is 0.256 e. The summed E-state index contributed by atoms with van der Waals surface area (Å²) in [7, 11) is 0. The molecule has 0 aliphatic carbocycles. The summed E-state index contributed by atoms with van der Waals surface area (Å²) in [6.07, 6.45) is 0.299. The largest absolute Gasteiger partial charge is 0.338 e. The van der Waals surface area contributed by atoms with Crippen molar-refractivity contribution in [1.82, 2.24) is 14.7 Å². The summed E-state index contributed by atoms with van der Waals surface area (Å²) in [6.45, 7) is 1.01. The Balaban J connectivity index is 1.36. The first-order chi connectivity index (χ1) is 15.4. The Bertz CT molecular complexity index is 1040. The number of para-hydroxylation sites is 1. The van der Waals surface area contributed by atoms with Gasteiger partial charge in [-0.3, -0.25) is 28.9 Å². The lowest BCUT2D eigenvalue weighted by Gasteiger charge is -2.35. The molecule has 2 aliphatic heterocycles. The zero-order valence-electron chi connectivity index (χ0n) is 17.3. The molecule has 1 aromatic carbocycles. The standard InChI is InChI=1S/C22H22N4O5S/c27-18-5-6-19(28)26(18)13-20(29)24-8-10-25(11-9-24)22(31)16-3-1-2-4-17(16)23-21(30)15-7-12-32-14-15/h1-4,7,12,14H,5-6,8-11,13H2,(H,23,30). The van der Waals surface area contributed by atoms with Gasteiger partial charge in [0.2, 0.25) is 17.7 Å². The van der Waals surface area contributed by atoms with Gasteiger partial charge in [-0.2, -0.15) is 11.3 Å². The molecule has 0 unspecified atom stereocenters. The third-order valence-corrected chi connectivity index (χ3v) is 6.24. The van der Waals surface area contributed by atoms with E-state index in [0.29, 0.717) is 43.0 Å². The van der Waals surface area contributed by atoms with Crippen molar-refractivity contribution in [3.05, 3.63) is 52.2 Å². The lowest BCUT2D eigenvalue weighted by atomic mass is 10.1. The van der Waals surface area contributed by atoms with Gasteiger partial charge in [0.25, 0.3) is 11.8 Å². The van der Waals surface area contributed by atoms with Gasteiger partial charge in [0.1, 0.15) is 6.54 Å². The summed E-state index contributed by atoms with van der Waals surface area (Å²) < 4.78 is 0. The van der Waals surface area contributed by atoms with Crippen LogP contribution in [0.2, 0.25) is 0 Å². The van der Waals surface area contributed by atoms with E-state index < -0.39 is 0 Å². The summed E-state index contributed by atoms with van der Waals surface area (Å²) in [4.78, 5) is 65.7. The van der Waals surface area contributed by atoms with Crippen molar-refractivity contribution in [3.63, 3.8) is 0 Å². The Kier molecular flexibility index (Phi) is 6.31. The molecule has 3 heterocycles. The van der Waals surface area contributed by atoms with E-state index in [4.69, 9.17) is 0 Å². The minimum Gasteiger partial charge on any atom is -0.338 e. The number of hydrogen-bond acceptors (Lipinski definition) is 6. The molecule has 1 aromatic heterocycles. The molecule has 32 heavy (non-hydrogen) atoms. The summed E-state index contributed by atoms with van der Waals surface area (Å²) >= 11 is 1.42. The van der Waals surface area contributed by atoms with Gasteiger partial charge in [0, 0.05) is 44.4 Å². The van der Waals surface area contributed by atoms with Crippen molar-refractivity contribution in [2.75, 3.05) is 38.0 Å². The minimum absolute atomic E-state index is 0.150. The first-order valence-electron chi connectivity index (χ1n) is 10.3. The zero-order valence-corrected chi connectivity index (χ0v) is 18.1. The molecule has 10 heteroatoms. The molecular weight excluding hydrogens is 432 g/mol. The van der Waals surface area contributed by atoms with Crippen molar-refractivity contribution in [1.29, 1.82) is 0 Å². The maximum atomic E-state index is 13.1. The van der Waals surface area contributed by atoms with Crippen LogP contribution < -0.4 is 5.32 Å². The molecule has 0 bridgehead atoms. The SMILES string of the molecule is O=C(Nc1ccccc1C(=O)N1CCN(C(=O)CN2C(=O)CCC2=O)CC1)c1ccsc1. The number of anilines is 1. The van der Waals surface area contributed by atoms with Crippen LogP contribution in [-0.2, 0) is 14.4 Å². The number of thiophene rings is 1. The number of nitrogens with one attached hydrogen (secondary N) is 1. The molecule has 0 radical (unpaired) electrons. The Labute approximate surface area is 188 Å². The lowest BCUT2D eigenvalue weighted by Crippen LogP contribution is -2.53. The van der Waals surface area contributed by atoms with Gasteiger partial charge in [0.15, 0.2) is 0 Å². The fraction of sp³-hybridized carbons (Fsp3) is 0.318. The number of rotatable bonds is 5. The Hall–Kier alpha value is -3.53. The van der Waals surface area contributed by atoms with Gasteiger partial charge >= 0.3 is 0 Å². The van der Waals surface area contributed by atoms with Crippen molar-refractivity contribution in [3.8, 4) is 0 Å². The number of imide groups is 1. The Morgan fingerprint density at radius 2 is 1.56 bits per heavy atom. The van der Waals surface area contributed by atoms with Crippen LogP contribution in [0.3, 0.4) is 0 Å². The van der Waals surface area contributed by atoms with Gasteiger partial charge < -0.3 is 15.1 Å². The van der Waals surface area contributed by atoms with Crippen LogP contribution in [0.25, 0.3) is 0 Å². The molecule has 5 amide bonds. The number of hydrogen-bond donors (Lipinski definition) is 1. The fourth-order valence-corrected chi connectivity index (χ4v) is 4.37. The van der Waals surface area contributed by atoms with E-state index in [0.717, 1.165) is 4.90 Å². The second-order valence-corrected chi connectivity index (χ2v) is 8.34. The normalized spacial score (nSPS) is 16.4. The van der Waals surface area contributed by atoms with Crippen molar-refractivity contribution >= 4 is 46.6 Å². The van der Waals surface area contributed by atoms with Gasteiger partial charge in [-0.25, -0.2) is 0 Å². The number of amides is 5. The fourth-order valence-electron chi connectivity index (χ4n) is 3.73. The summed E-state index contributed by atoms with van der Waals surface area (Å²) in [6, 6.07) is 8.54. The number of likely N-dealkylation sites (tertiary alicyclic amines) is 1. The molecule has 1 N–H and O–H groups in total. The molecule has 2 fully saturated rings. The van der Waals surface area contributed by atoms with E-state index in [9.17, 15) is 24.0 Å². The molecule has 0 saturated carbocycles.